The molecule has 8 heteroatoms. The van der Waals surface area contributed by atoms with E-state index in [1.54, 1.807) is 42.5 Å². The van der Waals surface area contributed by atoms with E-state index in [-0.39, 0.29) is 12.3 Å². The predicted molar refractivity (Wildman–Crippen MR) is 121 cm³/mol. The fourth-order valence-corrected chi connectivity index (χ4v) is 5.02. The lowest BCUT2D eigenvalue weighted by Gasteiger charge is -2.23. The fraction of sp³-hybridized carbons (Fsp3) is 0.261. The Hall–Kier alpha value is -2.90. The number of thiophene rings is 1. The van der Waals surface area contributed by atoms with Gasteiger partial charge in [0.2, 0.25) is 0 Å². The number of halogens is 1. The number of ketones is 1. The monoisotopic (exact) mass is 455 g/mol. The van der Waals surface area contributed by atoms with Gasteiger partial charge in [0.05, 0.1) is 13.1 Å². The van der Waals surface area contributed by atoms with Crippen molar-refractivity contribution in [2.24, 2.45) is 0 Å². The SMILES string of the molecule is Cc1cc(C(=O)CN2C(=O)N[C@](C)(c3ccccc3Cl)C2=O)c(C)n1Cc1cccs1. The molecule has 0 aliphatic carbocycles. The van der Waals surface area contributed by atoms with E-state index in [1.165, 1.54) is 4.88 Å². The molecule has 0 unspecified atom stereocenters. The van der Waals surface area contributed by atoms with Gasteiger partial charge in [0.15, 0.2) is 5.78 Å². The lowest BCUT2D eigenvalue weighted by atomic mass is 9.92. The minimum absolute atomic E-state index is 0.280. The number of hydrogen-bond acceptors (Lipinski definition) is 4. The van der Waals surface area contributed by atoms with Crippen molar-refractivity contribution < 1.29 is 14.4 Å². The van der Waals surface area contributed by atoms with Crippen molar-refractivity contribution in [3.05, 3.63) is 80.3 Å². The number of rotatable bonds is 6. The molecule has 1 aromatic carbocycles. The number of aryl methyl sites for hydroxylation is 1. The van der Waals surface area contributed by atoms with E-state index in [1.807, 2.05) is 37.4 Å². The van der Waals surface area contributed by atoms with Crippen molar-refractivity contribution in [3.63, 3.8) is 0 Å². The Morgan fingerprint density at radius 2 is 1.90 bits per heavy atom. The highest BCUT2D eigenvalue weighted by molar-refractivity contribution is 7.09. The second kappa shape index (κ2) is 7.98. The van der Waals surface area contributed by atoms with Gasteiger partial charge in [-0.2, -0.15) is 0 Å². The first kappa shape index (κ1) is 21.3. The summed E-state index contributed by atoms with van der Waals surface area (Å²) in [6.07, 6.45) is 0. The lowest BCUT2D eigenvalue weighted by molar-refractivity contribution is -0.130. The summed E-state index contributed by atoms with van der Waals surface area (Å²) in [6, 6.07) is 12.1. The Morgan fingerprint density at radius 3 is 2.58 bits per heavy atom. The van der Waals surface area contributed by atoms with Gasteiger partial charge in [0.25, 0.3) is 5.91 Å². The maximum absolute atomic E-state index is 13.2. The maximum Gasteiger partial charge on any atom is 0.325 e. The van der Waals surface area contributed by atoms with E-state index in [0.717, 1.165) is 16.3 Å². The molecule has 0 bridgehead atoms. The topological polar surface area (TPSA) is 71.4 Å². The number of urea groups is 1. The van der Waals surface area contributed by atoms with E-state index in [0.29, 0.717) is 22.7 Å². The van der Waals surface area contributed by atoms with Crippen molar-refractivity contribution in [1.29, 1.82) is 0 Å². The molecule has 2 aromatic heterocycles. The first-order chi connectivity index (χ1) is 14.7. The van der Waals surface area contributed by atoms with Gasteiger partial charge in [-0.05, 0) is 44.4 Å². The quantitative estimate of drug-likeness (QED) is 0.439. The van der Waals surface area contributed by atoms with E-state index >= 15 is 0 Å². The molecule has 0 saturated carbocycles. The molecule has 160 valence electrons. The summed E-state index contributed by atoms with van der Waals surface area (Å²) >= 11 is 7.92. The van der Waals surface area contributed by atoms with Gasteiger partial charge in [-0.15, -0.1) is 11.3 Å². The lowest BCUT2D eigenvalue weighted by Crippen LogP contribution is -2.41. The third-order valence-electron chi connectivity index (χ3n) is 5.76. The van der Waals surface area contributed by atoms with Crippen molar-refractivity contribution >= 4 is 40.7 Å². The Labute approximate surface area is 189 Å². The molecule has 3 aromatic rings. The van der Waals surface area contributed by atoms with Crippen LogP contribution < -0.4 is 5.32 Å². The smallest absolute Gasteiger partial charge is 0.325 e. The minimum atomic E-state index is -1.31. The summed E-state index contributed by atoms with van der Waals surface area (Å²) < 4.78 is 2.07. The second-order valence-corrected chi connectivity index (χ2v) is 9.24. The van der Waals surface area contributed by atoms with Gasteiger partial charge in [-0.1, -0.05) is 35.9 Å². The van der Waals surface area contributed by atoms with Crippen LogP contribution in [0.25, 0.3) is 0 Å². The molecule has 1 fully saturated rings. The van der Waals surface area contributed by atoms with Crippen LogP contribution in [0.2, 0.25) is 5.02 Å². The molecule has 1 atom stereocenters. The molecule has 4 rings (SSSR count). The molecule has 6 nitrogen and oxygen atoms in total. The van der Waals surface area contributed by atoms with E-state index < -0.39 is 17.5 Å². The molecule has 3 amide bonds. The van der Waals surface area contributed by atoms with Gasteiger partial charge >= 0.3 is 6.03 Å². The zero-order valence-corrected chi connectivity index (χ0v) is 19.0. The van der Waals surface area contributed by atoms with E-state index in [9.17, 15) is 14.4 Å². The highest BCUT2D eigenvalue weighted by atomic mass is 35.5. The summed E-state index contributed by atoms with van der Waals surface area (Å²) in [6.45, 7) is 5.78. The van der Waals surface area contributed by atoms with Crippen LogP contribution in [0.5, 0.6) is 0 Å². The first-order valence-corrected chi connectivity index (χ1v) is 11.1. The van der Waals surface area contributed by atoms with Crippen molar-refractivity contribution in [2.75, 3.05) is 6.54 Å². The molecule has 1 N–H and O–H groups in total. The number of aromatic nitrogens is 1. The standard InChI is InChI=1S/C23H22ClN3O3S/c1-14-11-17(15(2)26(14)12-16-7-6-10-31-16)20(28)13-27-21(29)23(3,25-22(27)30)18-8-4-5-9-19(18)24/h4-11H,12-13H2,1-3H3,(H,25,30)/t23-/m1/s1. The molecule has 1 aliphatic rings. The summed E-state index contributed by atoms with van der Waals surface area (Å²) in [7, 11) is 0. The number of carbonyl (C=O) groups is 3. The van der Waals surface area contributed by atoms with Crippen molar-refractivity contribution in [3.8, 4) is 0 Å². The van der Waals surface area contributed by atoms with Crippen LogP contribution in [0, 0.1) is 13.8 Å². The Balaban J connectivity index is 1.57. The first-order valence-electron chi connectivity index (χ1n) is 9.84. The van der Waals surface area contributed by atoms with Gasteiger partial charge < -0.3 is 9.88 Å². The summed E-state index contributed by atoms with van der Waals surface area (Å²) in [5.41, 5.74) is 1.47. The average Bonchev–Trinajstić information content (AvgIpc) is 3.40. The summed E-state index contributed by atoms with van der Waals surface area (Å²) in [4.78, 5) is 41.0. The Kier molecular flexibility index (Phi) is 5.49. The Morgan fingerprint density at radius 1 is 1.16 bits per heavy atom. The van der Waals surface area contributed by atoms with Crippen LogP contribution >= 0.6 is 22.9 Å². The number of carbonyl (C=O) groups excluding carboxylic acids is 3. The van der Waals surface area contributed by atoms with E-state index in [2.05, 4.69) is 9.88 Å². The number of hydrogen-bond donors (Lipinski definition) is 1. The number of imide groups is 1. The van der Waals surface area contributed by atoms with Crippen LogP contribution in [0.4, 0.5) is 4.79 Å². The third kappa shape index (κ3) is 3.68. The van der Waals surface area contributed by atoms with Gasteiger partial charge in [-0.3, -0.25) is 14.5 Å². The van der Waals surface area contributed by atoms with Crippen LogP contribution in [0.1, 0.15) is 39.1 Å². The average molecular weight is 456 g/mol. The van der Waals surface area contributed by atoms with E-state index in [4.69, 9.17) is 11.6 Å². The van der Waals surface area contributed by atoms with Gasteiger partial charge in [0.1, 0.15) is 5.54 Å². The normalized spacial score (nSPS) is 18.5. The van der Waals surface area contributed by atoms with Crippen LogP contribution in [0.3, 0.4) is 0 Å². The molecule has 0 spiro atoms. The van der Waals surface area contributed by atoms with Gasteiger partial charge in [-0.25, -0.2) is 4.79 Å². The zero-order valence-electron chi connectivity index (χ0n) is 17.4. The molecular weight excluding hydrogens is 434 g/mol. The summed E-state index contributed by atoms with van der Waals surface area (Å²) in [5, 5.41) is 5.10. The molecular formula is C23H22ClN3O3S. The maximum atomic E-state index is 13.2. The highest BCUT2D eigenvalue weighted by Crippen LogP contribution is 2.33. The largest absolute Gasteiger partial charge is 0.343 e. The van der Waals surface area contributed by atoms with Crippen molar-refractivity contribution in [1.82, 2.24) is 14.8 Å². The molecule has 31 heavy (non-hydrogen) atoms. The van der Waals surface area contributed by atoms with Crippen LogP contribution in [0.15, 0.2) is 47.8 Å². The fourth-order valence-electron chi connectivity index (χ4n) is 4.00. The molecule has 1 aliphatic heterocycles. The number of benzene rings is 1. The molecule has 3 heterocycles. The number of nitrogens with zero attached hydrogens (tertiary/aromatic N) is 2. The number of Topliss-reactive ketones (excluding diaryl/α,β-unsaturated/α-hetero) is 1. The predicted octanol–water partition coefficient (Wildman–Crippen LogP) is 4.52. The highest BCUT2D eigenvalue weighted by Gasteiger charge is 2.50. The summed E-state index contributed by atoms with van der Waals surface area (Å²) in [5.74, 6) is -0.774. The third-order valence-corrected chi connectivity index (χ3v) is 6.95. The van der Waals surface area contributed by atoms with Crippen LogP contribution in [-0.2, 0) is 16.9 Å². The second-order valence-electron chi connectivity index (χ2n) is 7.80. The zero-order chi connectivity index (χ0) is 22.3. The number of nitrogens with one attached hydrogen (secondary N) is 1. The molecule has 0 radical (unpaired) electrons. The van der Waals surface area contributed by atoms with Crippen LogP contribution in [-0.4, -0.2) is 33.7 Å². The molecule has 1 saturated heterocycles. The Bertz CT molecular complexity index is 1180. The minimum Gasteiger partial charge on any atom is -0.343 e. The number of amides is 3. The van der Waals surface area contributed by atoms with Gasteiger partial charge in [0, 0.05) is 32.4 Å². The van der Waals surface area contributed by atoms with Crippen molar-refractivity contribution in [2.45, 2.75) is 32.9 Å².